The molecule has 0 radical (unpaired) electrons. The third kappa shape index (κ3) is 7.78. The van der Waals surface area contributed by atoms with E-state index in [9.17, 15) is 5.11 Å². The monoisotopic (exact) mass is 490 g/mol. The van der Waals surface area contributed by atoms with E-state index in [1.807, 2.05) is 12.1 Å². The molecule has 1 aromatic carbocycles. The Morgan fingerprint density at radius 3 is 2.69 bits per heavy atom. The maximum absolute atomic E-state index is 10.3. The second kappa shape index (κ2) is 13.4. The molecule has 0 unspecified atom stereocenters. The number of phenolic OH excluding ortho intramolecular Hbond substituents is 1. The second-order valence-electron chi connectivity index (χ2n) is 10.1. The highest BCUT2D eigenvalue weighted by Gasteiger charge is 2.24. The van der Waals surface area contributed by atoms with Crippen molar-refractivity contribution in [2.24, 2.45) is 5.16 Å². The van der Waals surface area contributed by atoms with Gasteiger partial charge in [0.25, 0.3) is 0 Å². The van der Waals surface area contributed by atoms with Gasteiger partial charge in [-0.3, -0.25) is 0 Å². The first-order valence-corrected chi connectivity index (χ1v) is 13.8. The van der Waals surface area contributed by atoms with Crippen molar-refractivity contribution in [2.75, 3.05) is 26.3 Å². The lowest BCUT2D eigenvalue weighted by Gasteiger charge is -2.30. The Morgan fingerprint density at radius 1 is 1.11 bits per heavy atom. The number of hydrogen-bond acceptors (Lipinski definition) is 5. The third-order valence-electron chi connectivity index (χ3n) is 6.97. The summed E-state index contributed by atoms with van der Waals surface area (Å²) in [5.74, 6) is 1.12. The van der Waals surface area contributed by atoms with E-state index in [1.165, 1.54) is 48.9 Å². The smallest absolute Gasteiger partial charge is 0.156 e. The maximum Gasteiger partial charge on any atom is 0.156 e. The summed E-state index contributed by atoms with van der Waals surface area (Å²) in [6.45, 7) is 7.70. The number of ether oxygens (including phenoxy) is 1. The molecule has 4 rings (SSSR count). The van der Waals surface area contributed by atoms with Crippen LogP contribution in [0.3, 0.4) is 0 Å². The van der Waals surface area contributed by atoms with Crippen LogP contribution in [0.15, 0.2) is 64.5 Å². The molecule has 1 aliphatic carbocycles. The molecule has 1 saturated carbocycles. The number of piperidine rings is 1. The molecule has 1 N–H and O–H groups in total. The quantitative estimate of drug-likeness (QED) is 0.348. The predicted molar refractivity (Wildman–Crippen MR) is 148 cm³/mol. The summed E-state index contributed by atoms with van der Waals surface area (Å²) in [5.41, 5.74) is 7.02. The minimum absolute atomic E-state index is 0.250. The molecule has 0 bridgehead atoms. The number of nitrogens with zero attached hydrogens (tertiary/aromatic N) is 2. The normalized spacial score (nSPS) is 23.8. The lowest BCUT2D eigenvalue weighted by atomic mass is 9.98. The molecule has 36 heavy (non-hydrogen) atoms. The van der Waals surface area contributed by atoms with E-state index in [-0.39, 0.29) is 5.75 Å². The highest BCUT2D eigenvalue weighted by Crippen LogP contribution is 2.34. The SMILES string of the molecule is CC/C=C1/OCC/C=C/CC/C(C)=C/C(=N\OCC(=C2CC2)N2CCCCC2)Cc2cc(O)ccc21. The highest BCUT2D eigenvalue weighted by molar-refractivity contribution is 5.97. The Hall–Kier alpha value is -2.95. The number of hydrogen-bond donors (Lipinski definition) is 1. The fraction of sp³-hybridized carbons (Fsp3) is 0.516. The zero-order chi connectivity index (χ0) is 25.2. The van der Waals surface area contributed by atoms with E-state index < -0.39 is 0 Å². The van der Waals surface area contributed by atoms with E-state index in [1.54, 1.807) is 6.07 Å². The zero-order valence-corrected chi connectivity index (χ0v) is 22.1. The molecule has 0 aromatic heterocycles. The van der Waals surface area contributed by atoms with Crippen LogP contribution in [0.5, 0.6) is 5.75 Å². The van der Waals surface area contributed by atoms with Crippen LogP contribution in [0.2, 0.25) is 0 Å². The van der Waals surface area contributed by atoms with Gasteiger partial charge >= 0.3 is 0 Å². The molecule has 3 aliphatic rings. The molecule has 5 heteroatoms. The van der Waals surface area contributed by atoms with Crippen LogP contribution in [0, 0.1) is 0 Å². The van der Waals surface area contributed by atoms with E-state index in [4.69, 9.17) is 9.57 Å². The van der Waals surface area contributed by atoms with Gasteiger partial charge in [0.2, 0.25) is 0 Å². The zero-order valence-electron chi connectivity index (χ0n) is 22.1. The van der Waals surface area contributed by atoms with Crippen LogP contribution in [-0.4, -0.2) is 42.0 Å². The molecular weight excluding hydrogens is 448 g/mol. The summed E-state index contributed by atoms with van der Waals surface area (Å²) in [4.78, 5) is 8.56. The van der Waals surface area contributed by atoms with Crippen LogP contribution in [0.4, 0.5) is 0 Å². The average Bonchev–Trinajstić information content (AvgIpc) is 3.71. The van der Waals surface area contributed by atoms with Gasteiger partial charge in [0.15, 0.2) is 6.61 Å². The largest absolute Gasteiger partial charge is 0.508 e. The summed E-state index contributed by atoms with van der Waals surface area (Å²) in [6.07, 6.45) is 19.2. The molecule has 194 valence electrons. The van der Waals surface area contributed by atoms with Crippen LogP contribution < -0.4 is 0 Å². The molecule has 5 nitrogen and oxygen atoms in total. The Balaban J connectivity index is 1.60. The number of allylic oxidation sites excluding steroid dienone is 5. The maximum atomic E-state index is 10.3. The molecule has 2 fully saturated rings. The molecule has 1 aromatic rings. The van der Waals surface area contributed by atoms with Gasteiger partial charge in [-0.15, -0.1) is 0 Å². The van der Waals surface area contributed by atoms with Crippen molar-refractivity contribution in [3.63, 3.8) is 0 Å². The molecule has 2 heterocycles. The molecule has 0 amide bonds. The fourth-order valence-electron chi connectivity index (χ4n) is 4.95. The predicted octanol–water partition coefficient (Wildman–Crippen LogP) is 7.30. The lowest BCUT2D eigenvalue weighted by molar-refractivity contribution is 0.135. The number of rotatable bonds is 5. The average molecular weight is 491 g/mol. The number of benzene rings is 1. The second-order valence-corrected chi connectivity index (χ2v) is 10.1. The number of aromatic hydroxyl groups is 1. The van der Waals surface area contributed by atoms with Crippen molar-refractivity contribution in [1.29, 1.82) is 0 Å². The summed E-state index contributed by atoms with van der Waals surface area (Å²) < 4.78 is 6.19. The van der Waals surface area contributed by atoms with Gasteiger partial charge in [0, 0.05) is 25.1 Å². The van der Waals surface area contributed by atoms with E-state index in [0.717, 1.165) is 61.4 Å². The van der Waals surface area contributed by atoms with Crippen LogP contribution in [-0.2, 0) is 16.0 Å². The lowest BCUT2D eigenvalue weighted by Crippen LogP contribution is -2.31. The van der Waals surface area contributed by atoms with E-state index in [0.29, 0.717) is 19.6 Å². The molecule has 0 atom stereocenters. The first-order valence-electron chi connectivity index (χ1n) is 13.8. The van der Waals surface area contributed by atoms with Gasteiger partial charge in [-0.1, -0.05) is 29.8 Å². The first kappa shape index (κ1) is 26.1. The Morgan fingerprint density at radius 2 is 1.92 bits per heavy atom. The summed E-state index contributed by atoms with van der Waals surface area (Å²) >= 11 is 0. The van der Waals surface area contributed by atoms with E-state index >= 15 is 0 Å². The third-order valence-corrected chi connectivity index (χ3v) is 6.97. The summed E-state index contributed by atoms with van der Waals surface area (Å²) in [6, 6.07) is 5.52. The minimum atomic E-state index is 0.250. The van der Waals surface area contributed by atoms with Gasteiger partial charge in [-0.2, -0.15) is 0 Å². The van der Waals surface area contributed by atoms with Crippen molar-refractivity contribution in [3.05, 3.63) is 70.5 Å². The van der Waals surface area contributed by atoms with Gasteiger partial charge in [-0.05, 0) is 106 Å². The molecule has 1 saturated heterocycles. The van der Waals surface area contributed by atoms with Crippen LogP contribution in [0.1, 0.15) is 82.8 Å². The number of phenols is 1. The number of likely N-dealkylation sites (tertiary alicyclic amines) is 1. The Bertz CT molecular complexity index is 1040. The first-order chi connectivity index (χ1) is 17.6. The van der Waals surface area contributed by atoms with Crippen LogP contribution in [0.25, 0.3) is 5.76 Å². The van der Waals surface area contributed by atoms with Gasteiger partial charge < -0.3 is 19.6 Å². The molecule has 2 aliphatic heterocycles. The molecular formula is C31H42N2O3. The van der Waals surface area contributed by atoms with Crippen molar-refractivity contribution in [2.45, 2.75) is 78.1 Å². The summed E-state index contributed by atoms with van der Waals surface area (Å²) in [5, 5.41) is 15.0. The Labute approximate surface area is 216 Å². The van der Waals surface area contributed by atoms with Crippen molar-refractivity contribution < 1.29 is 14.7 Å². The summed E-state index contributed by atoms with van der Waals surface area (Å²) in [7, 11) is 0. The molecule has 0 spiro atoms. The van der Waals surface area contributed by atoms with Crippen molar-refractivity contribution in [1.82, 2.24) is 4.90 Å². The Kier molecular flexibility index (Phi) is 9.71. The van der Waals surface area contributed by atoms with Gasteiger partial charge in [0.05, 0.1) is 18.0 Å². The van der Waals surface area contributed by atoms with E-state index in [2.05, 4.69) is 48.2 Å². The van der Waals surface area contributed by atoms with Gasteiger partial charge in [-0.25, -0.2) is 0 Å². The van der Waals surface area contributed by atoms with Crippen LogP contribution >= 0.6 is 0 Å². The van der Waals surface area contributed by atoms with Crippen molar-refractivity contribution >= 4 is 11.5 Å². The van der Waals surface area contributed by atoms with Crippen molar-refractivity contribution in [3.8, 4) is 5.75 Å². The fourth-order valence-corrected chi connectivity index (χ4v) is 4.95. The number of oxime groups is 1. The topological polar surface area (TPSA) is 54.3 Å². The van der Waals surface area contributed by atoms with Gasteiger partial charge in [0.1, 0.15) is 11.5 Å². The standard InChI is InChI=1S/C31H42N2O3/c1-3-11-31-29-16-15-28(34)22-26(29)21-27(20-24(2)12-7-4-5-10-19-35-31)32-36-23-30(25-13-14-25)33-17-8-6-9-18-33/h4-5,11,15-16,20,22,34H,3,6-10,12-14,17-19,21,23H2,1-2H3/b5-4+,24-20+,31-11+,32-27+. The number of fused-ring (bicyclic) bond motifs is 1. The highest BCUT2D eigenvalue weighted by atomic mass is 16.6. The minimum Gasteiger partial charge on any atom is -0.508 e.